The van der Waals surface area contributed by atoms with Crippen molar-refractivity contribution in [2.24, 2.45) is 0 Å². The lowest BCUT2D eigenvalue weighted by Crippen LogP contribution is -2.20. The Morgan fingerprint density at radius 1 is 1.11 bits per heavy atom. The van der Waals surface area contributed by atoms with Gasteiger partial charge in [0, 0.05) is 5.69 Å². The third-order valence-electron chi connectivity index (χ3n) is 3.68. The van der Waals surface area contributed by atoms with E-state index >= 15 is 0 Å². The van der Waals surface area contributed by atoms with Crippen LogP contribution >= 0.6 is 0 Å². The first-order valence-electron chi connectivity index (χ1n) is 8.66. The summed E-state index contributed by atoms with van der Waals surface area (Å²) in [7, 11) is 0. The van der Waals surface area contributed by atoms with Gasteiger partial charge < -0.3 is 19.3 Å². The Kier molecular flexibility index (Phi) is 6.01. The SMILES string of the molecule is CCOC(=O)c1ccc(NC(=O)COc2ccccc2-c2nc(C)no2)cc1. The molecule has 1 heterocycles. The molecule has 3 rings (SSSR count). The van der Waals surface area contributed by atoms with Crippen molar-refractivity contribution >= 4 is 17.6 Å². The topological polar surface area (TPSA) is 104 Å². The second kappa shape index (κ2) is 8.81. The normalized spacial score (nSPS) is 10.4. The minimum Gasteiger partial charge on any atom is -0.483 e. The lowest BCUT2D eigenvalue weighted by Gasteiger charge is -2.10. The summed E-state index contributed by atoms with van der Waals surface area (Å²) in [5.41, 5.74) is 1.57. The molecule has 0 saturated heterocycles. The van der Waals surface area contributed by atoms with Crippen molar-refractivity contribution in [3.8, 4) is 17.2 Å². The summed E-state index contributed by atoms with van der Waals surface area (Å²) in [4.78, 5) is 28.0. The smallest absolute Gasteiger partial charge is 0.338 e. The second-order valence-electron chi connectivity index (χ2n) is 5.78. The summed E-state index contributed by atoms with van der Waals surface area (Å²) in [6.45, 7) is 3.56. The Bertz CT molecular complexity index is 966. The molecule has 1 aromatic heterocycles. The van der Waals surface area contributed by atoms with Crippen molar-refractivity contribution in [2.75, 3.05) is 18.5 Å². The molecule has 8 heteroatoms. The number of anilines is 1. The highest BCUT2D eigenvalue weighted by Crippen LogP contribution is 2.28. The minimum atomic E-state index is -0.406. The summed E-state index contributed by atoms with van der Waals surface area (Å²) >= 11 is 0. The number of nitrogens with one attached hydrogen (secondary N) is 1. The van der Waals surface area contributed by atoms with Crippen LogP contribution in [0.25, 0.3) is 11.5 Å². The van der Waals surface area contributed by atoms with E-state index in [4.69, 9.17) is 14.0 Å². The van der Waals surface area contributed by atoms with Crippen LogP contribution in [-0.2, 0) is 9.53 Å². The van der Waals surface area contributed by atoms with Gasteiger partial charge in [-0.05, 0) is 50.2 Å². The van der Waals surface area contributed by atoms with Gasteiger partial charge in [-0.3, -0.25) is 4.79 Å². The Morgan fingerprint density at radius 2 is 1.86 bits per heavy atom. The highest BCUT2D eigenvalue weighted by atomic mass is 16.5. The largest absolute Gasteiger partial charge is 0.483 e. The minimum absolute atomic E-state index is 0.205. The number of benzene rings is 2. The Balaban J connectivity index is 1.60. The molecule has 1 N–H and O–H groups in total. The van der Waals surface area contributed by atoms with Crippen LogP contribution in [0.3, 0.4) is 0 Å². The van der Waals surface area contributed by atoms with Gasteiger partial charge in [-0.2, -0.15) is 4.98 Å². The van der Waals surface area contributed by atoms with Gasteiger partial charge in [-0.15, -0.1) is 0 Å². The summed E-state index contributed by atoms with van der Waals surface area (Å²) in [5, 5.41) is 6.47. The molecule has 0 spiro atoms. The van der Waals surface area contributed by atoms with Crippen LogP contribution < -0.4 is 10.1 Å². The van der Waals surface area contributed by atoms with Gasteiger partial charge in [0.05, 0.1) is 17.7 Å². The van der Waals surface area contributed by atoms with Gasteiger partial charge in [0.15, 0.2) is 12.4 Å². The maximum atomic E-state index is 12.2. The van der Waals surface area contributed by atoms with Gasteiger partial charge in [0.2, 0.25) is 0 Å². The fourth-order valence-electron chi connectivity index (χ4n) is 2.42. The number of ether oxygens (including phenoxy) is 2. The Morgan fingerprint density at radius 3 is 2.54 bits per heavy atom. The molecule has 0 bridgehead atoms. The van der Waals surface area contributed by atoms with E-state index in [1.807, 2.05) is 6.07 Å². The third-order valence-corrected chi connectivity index (χ3v) is 3.68. The predicted molar refractivity (Wildman–Crippen MR) is 101 cm³/mol. The van der Waals surface area contributed by atoms with E-state index in [1.165, 1.54) is 0 Å². The lowest BCUT2D eigenvalue weighted by atomic mass is 10.2. The number of aromatic nitrogens is 2. The third kappa shape index (κ3) is 4.73. The molecular formula is C20H19N3O5. The van der Waals surface area contributed by atoms with Crippen LogP contribution in [0.4, 0.5) is 5.69 Å². The molecule has 1 amide bonds. The van der Waals surface area contributed by atoms with Crippen molar-refractivity contribution in [3.05, 3.63) is 59.9 Å². The van der Waals surface area contributed by atoms with Gasteiger partial charge in [-0.1, -0.05) is 17.3 Å². The van der Waals surface area contributed by atoms with Crippen LogP contribution in [0.15, 0.2) is 53.1 Å². The number of carbonyl (C=O) groups excluding carboxylic acids is 2. The quantitative estimate of drug-likeness (QED) is 0.627. The van der Waals surface area contributed by atoms with E-state index < -0.39 is 5.97 Å². The first-order chi connectivity index (χ1) is 13.6. The zero-order valence-corrected chi connectivity index (χ0v) is 15.5. The van der Waals surface area contributed by atoms with E-state index in [2.05, 4.69) is 15.5 Å². The summed E-state index contributed by atoms with van der Waals surface area (Å²) in [5.74, 6) is 0.535. The second-order valence-corrected chi connectivity index (χ2v) is 5.78. The zero-order chi connectivity index (χ0) is 19.9. The molecule has 0 fully saturated rings. The van der Waals surface area contributed by atoms with Crippen LogP contribution in [0.1, 0.15) is 23.1 Å². The monoisotopic (exact) mass is 381 g/mol. The molecule has 0 aliphatic rings. The van der Waals surface area contributed by atoms with Gasteiger partial charge in [0.25, 0.3) is 11.8 Å². The van der Waals surface area contributed by atoms with E-state index in [1.54, 1.807) is 56.3 Å². The highest BCUT2D eigenvalue weighted by molar-refractivity contribution is 5.93. The average molecular weight is 381 g/mol. The molecule has 0 saturated carbocycles. The fourth-order valence-corrected chi connectivity index (χ4v) is 2.42. The van der Waals surface area contributed by atoms with Gasteiger partial charge in [0.1, 0.15) is 5.75 Å². The molecule has 0 aliphatic heterocycles. The van der Waals surface area contributed by atoms with Crippen molar-refractivity contribution in [1.82, 2.24) is 10.1 Å². The molecule has 144 valence electrons. The molecule has 8 nitrogen and oxygen atoms in total. The molecule has 0 unspecified atom stereocenters. The number of hydrogen-bond donors (Lipinski definition) is 1. The van der Waals surface area contributed by atoms with Crippen molar-refractivity contribution in [2.45, 2.75) is 13.8 Å². The number of esters is 1. The molecule has 3 aromatic rings. The van der Waals surface area contributed by atoms with E-state index in [-0.39, 0.29) is 12.5 Å². The van der Waals surface area contributed by atoms with Gasteiger partial charge in [-0.25, -0.2) is 4.79 Å². The molecule has 0 radical (unpaired) electrons. The molecule has 0 aliphatic carbocycles. The number of hydrogen-bond acceptors (Lipinski definition) is 7. The van der Waals surface area contributed by atoms with E-state index in [9.17, 15) is 9.59 Å². The van der Waals surface area contributed by atoms with Crippen LogP contribution in [0, 0.1) is 6.92 Å². The van der Waals surface area contributed by atoms with Crippen molar-refractivity contribution in [3.63, 3.8) is 0 Å². The maximum absolute atomic E-state index is 12.2. The number of nitrogens with zero attached hydrogens (tertiary/aromatic N) is 2. The van der Waals surface area contributed by atoms with E-state index in [0.717, 1.165) is 0 Å². The van der Waals surface area contributed by atoms with Crippen molar-refractivity contribution in [1.29, 1.82) is 0 Å². The zero-order valence-electron chi connectivity index (χ0n) is 15.5. The highest BCUT2D eigenvalue weighted by Gasteiger charge is 2.14. The maximum Gasteiger partial charge on any atom is 0.338 e. The van der Waals surface area contributed by atoms with Crippen LogP contribution in [-0.4, -0.2) is 35.2 Å². The Hall–Kier alpha value is -3.68. The standard InChI is InChI=1S/C20H19N3O5/c1-3-26-20(25)14-8-10-15(11-9-14)22-18(24)12-27-17-7-5-4-6-16(17)19-21-13(2)23-28-19/h4-11H,3,12H2,1-2H3,(H,22,24). The predicted octanol–water partition coefficient (Wildman–Crippen LogP) is 3.24. The molecular weight excluding hydrogens is 362 g/mol. The van der Waals surface area contributed by atoms with Crippen LogP contribution in [0.5, 0.6) is 5.75 Å². The number of aryl methyl sites for hydroxylation is 1. The van der Waals surface area contributed by atoms with E-state index in [0.29, 0.717) is 40.9 Å². The molecule has 0 atom stereocenters. The lowest BCUT2D eigenvalue weighted by molar-refractivity contribution is -0.118. The number of rotatable bonds is 7. The van der Waals surface area contributed by atoms with Crippen molar-refractivity contribution < 1.29 is 23.6 Å². The van der Waals surface area contributed by atoms with Gasteiger partial charge >= 0.3 is 5.97 Å². The first kappa shape index (κ1) is 19.1. The summed E-state index contributed by atoms with van der Waals surface area (Å²) in [6.07, 6.45) is 0. The number of carbonyl (C=O) groups is 2. The first-order valence-corrected chi connectivity index (χ1v) is 8.66. The fraction of sp³-hybridized carbons (Fsp3) is 0.200. The summed E-state index contributed by atoms with van der Waals surface area (Å²) in [6, 6.07) is 13.5. The molecule has 28 heavy (non-hydrogen) atoms. The molecule has 2 aromatic carbocycles. The number of amides is 1. The van der Waals surface area contributed by atoms with Crippen LogP contribution in [0.2, 0.25) is 0 Å². The summed E-state index contributed by atoms with van der Waals surface area (Å²) < 4.78 is 15.7. The average Bonchev–Trinajstić information content (AvgIpc) is 3.13. The number of para-hydroxylation sites is 1. The Labute approximate surface area is 161 Å².